The molecule has 0 radical (unpaired) electrons. The van der Waals surface area contributed by atoms with Crippen LogP contribution in [-0.2, 0) is 11.2 Å². The summed E-state index contributed by atoms with van der Waals surface area (Å²) in [5, 5.41) is 0. The van der Waals surface area contributed by atoms with E-state index < -0.39 is 0 Å². The van der Waals surface area contributed by atoms with Gasteiger partial charge in [0.25, 0.3) is 0 Å². The number of anilines is 2. The van der Waals surface area contributed by atoms with Crippen molar-refractivity contribution in [3.63, 3.8) is 0 Å². The average molecular weight is 416 g/mol. The molecule has 8 heteroatoms. The quantitative estimate of drug-likeness (QED) is 0.649. The lowest BCUT2D eigenvalue weighted by Gasteiger charge is -2.36. The Kier molecular flexibility index (Phi) is 4.84. The maximum atomic E-state index is 12.5. The highest BCUT2D eigenvalue weighted by Crippen LogP contribution is 2.35. The first-order chi connectivity index (χ1) is 15.0. The number of nitrogens with zero attached hydrogens (tertiary/aromatic N) is 7. The van der Waals surface area contributed by atoms with E-state index in [1.54, 1.807) is 18.5 Å². The lowest BCUT2D eigenvalue weighted by molar-refractivity contribution is -0.119. The maximum Gasteiger partial charge on any atom is 0.229 e. The third-order valence-electron chi connectivity index (χ3n) is 6.18. The molecule has 2 atom stereocenters. The fourth-order valence-corrected chi connectivity index (χ4v) is 4.41. The van der Waals surface area contributed by atoms with Crippen LogP contribution in [0, 0.1) is 12.8 Å². The van der Waals surface area contributed by atoms with Crippen molar-refractivity contribution in [1.29, 1.82) is 0 Å². The van der Waals surface area contributed by atoms with E-state index in [1.165, 1.54) is 0 Å². The van der Waals surface area contributed by atoms with Gasteiger partial charge in [-0.25, -0.2) is 24.9 Å². The number of rotatable bonds is 3. The monoisotopic (exact) mass is 415 g/mol. The predicted octanol–water partition coefficient (Wildman–Crippen LogP) is 3.13. The first-order valence-corrected chi connectivity index (χ1v) is 10.7. The molecular weight excluding hydrogens is 390 g/mol. The Balaban J connectivity index is 1.45. The van der Waals surface area contributed by atoms with Crippen LogP contribution in [0.15, 0.2) is 36.8 Å². The fourth-order valence-electron chi connectivity index (χ4n) is 4.41. The summed E-state index contributed by atoms with van der Waals surface area (Å²) in [6.45, 7) is 7.68. The molecule has 5 heterocycles. The molecule has 2 aliphatic rings. The molecule has 0 aliphatic carbocycles. The Bertz CT molecular complexity index is 1130. The fraction of sp³-hybridized carbons (Fsp3) is 0.391. The third-order valence-corrected chi connectivity index (χ3v) is 6.18. The number of carbonyl (C=O) groups is 1. The zero-order valence-corrected chi connectivity index (χ0v) is 18.0. The Morgan fingerprint density at radius 1 is 1.00 bits per heavy atom. The number of amides is 1. The van der Waals surface area contributed by atoms with Crippen LogP contribution < -0.4 is 9.80 Å². The van der Waals surface area contributed by atoms with Crippen LogP contribution in [0.1, 0.15) is 43.3 Å². The van der Waals surface area contributed by atoms with E-state index in [2.05, 4.69) is 26.8 Å². The van der Waals surface area contributed by atoms with Crippen LogP contribution in [0.3, 0.4) is 0 Å². The number of hydrogen-bond acceptors (Lipinski definition) is 7. The van der Waals surface area contributed by atoms with E-state index in [1.807, 2.05) is 37.1 Å². The van der Waals surface area contributed by atoms with Gasteiger partial charge >= 0.3 is 0 Å². The molecule has 0 bridgehead atoms. The molecule has 1 fully saturated rings. The minimum atomic E-state index is 0.0739. The SMILES string of the molecule is Cc1cc(N2CCC(C)C2=O)cc(N2CCc3nc(-c4ncccn4)ncc3C2C)n1. The second-order valence-corrected chi connectivity index (χ2v) is 8.29. The van der Waals surface area contributed by atoms with Crippen LogP contribution in [0.2, 0.25) is 0 Å². The largest absolute Gasteiger partial charge is 0.349 e. The first kappa shape index (κ1) is 19.5. The summed E-state index contributed by atoms with van der Waals surface area (Å²) in [7, 11) is 0. The summed E-state index contributed by atoms with van der Waals surface area (Å²) < 4.78 is 0. The summed E-state index contributed by atoms with van der Waals surface area (Å²) in [4.78, 5) is 39.3. The van der Waals surface area contributed by atoms with Gasteiger partial charge in [0, 0.05) is 67.0 Å². The normalized spacial score (nSPS) is 20.8. The molecule has 3 aromatic heterocycles. The number of aromatic nitrogens is 5. The molecule has 0 aromatic carbocycles. The lowest BCUT2D eigenvalue weighted by atomic mass is 9.99. The van der Waals surface area contributed by atoms with Gasteiger partial charge in [-0.2, -0.15) is 0 Å². The molecule has 0 saturated carbocycles. The van der Waals surface area contributed by atoms with Gasteiger partial charge in [-0.05, 0) is 32.4 Å². The predicted molar refractivity (Wildman–Crippen MR) is 118 cm³/mol. The Hall–Kier alpha value is -3.42. The summed E-state index contributed by atoms with van der Waals surface area (Å²) in [5.74, 6) is 2.25. The van der Waals surface area contributed by atoms with Crippen molar-refractivity contribution >= 4 is 17.4 Å². The second kappa shape index (κ2) is 7.68. The zero-order valence-electron chi connectivity index (χ0n) is 18.0. The van der Waals surface area contributed by atoms with E-state index in [9.17, 15) is 4.79 Å². The molecule has 3 aromatic rings. The summed E-state index contributed by atoms with van der Waals surface area (Å²) in [5.41, 5.74) is 3.95. The van der Waals surface area contributed by atoms with Crippen LogP contribution in [0.4, 0.5) is 11.5 Å². The lowest BCUT2D eigenvalue weighted by Crippen LogP contribution is -2.36. The number of hydrogen-bond donors (Lipinski definition) is 0. The van der Waals surface area contributed by atoms with E-state index in [0.717, 1.165) is 54.4 Å². The standard InChI is InChI=1S/C23H25N7O/c1-14-5-9-30(23(14)31)17-11-15(2)27-20(12-17)29-10-6-19-18(16(29)3)13-26-22(28-19)21-24-7-4-8-25-21/h4,7-8,11-14,16H,5-6,9-10H2,1-3H3. The number of pyridine rings is 1. The van der Waals surface area contributed by atoms with Crippen molar-refractivity contribution in [2.75, 3.05) is 22.9 Å². The molecular formula is C23H25N7O. The topological polar surface area (TPSA) is 88.0 Å². The number of aryl methyl sites for hydroxylation is 1. The summed E-state index contributed by atoms with van der Waals surface area (Å²) in [6, 6.07) is 5.89. The molecule has 2 aliphatic heterocycles. The van der Waals surface area contributed by atoms with Gasteiger partial charge in [-0.15, -0.1) is 0 Å². The Labute approximate surface area is 181 Å². The van der Waals surface area contributed by atoms with Gasteiger partial charge in [0.2, 0.25) is 5.91 Å². The van der Waals surface area contributed by atoms with Crippen molar-refractivity contribution < 1.29 is 4.79 Å². The van der Waals surface area contributed by atoms with Gasteiger partial charge in [0.1, 0.15) is 5.82 Å². The molecule has 1 saturated heterocycles. The molecule has 158 valence electrons. The Morgan fingerprint density at radius 3 is 2.55 bits per heavy atom. The molecule has 5 rings (SSSR count). The molecule has 31 heavy (non-hydrogen) atoms. The molecule has 0 N–H and O–H groups in total. The van der Waals surface area contributed by atoms with Crippen LogP contribution >= 0.6 is 0 Å². The van der Waals surface area contributed by atoms with E-state index >= 15 is 0 Å². The van der Waals surface area contributed by atoms with Gasteiger partial charge in [-0.3, -0.25) is 4.79 Å². The second-order valence-electron chi connectivity index (χ2n) is 8.29. The van der Waals surface area contributed by atoms with Crippen LogP contribution in [0.25, 0.3) is 11.6 Å². The Morgan fingerprint density at radius 2 is 1.81 bits per heavy atom. The minimum Gasteiger partial charge on any atom is -0.349 e. The van der Waals surface area contributed by atoms with E-state index in [0.29, 0.717) is 11.6 Å². The van der Waals surface area contributed by atoms with Gasteiger partial charge in [-0.1, -0.05) is 6.92 Å². The van der Waals surface area contributed by atoms with E-state index in [-0.39, 0.29) is 17.9 Å². The molecule has 2 unspecified atom stereocenters. The van der Waals surface area contributed by atoms with Crippen molar-refractivity contribution in [2.24, 2.45) is 5.92 Å². The number of fused-ring (bicyclic) bond motifs is 1. The highest BCUT2D eigenvalue weighted by atomic mass is 16.2. The molecule has 8 nitrogen and oxygen atoms in total. The zero-order chi connectivity index (χ0) is 21.5. The molecule has 1 amide bonds. The van der Waals surface area contributed by atoms with Crippen molar-refractivity contribution in [3.05, 3.63) is 53.7 Å². The van der Waals surface area contributed by atoms with Crippen molar-refractivity contribution in [2.45, 2.75) is 39.7 Å². The third kappa shape index (κ3) is 3.52. The van der Waals surface area contributed by atoms with Gasteiger partial charge in [0.15, 0.2) is 11.6 Å². The van der Waals surface area contributed by atoms with Crippen molar-refractivity contribution in [3.8, 4) is 11.6 Å². The average Bonchev–Trinajstić information content (AvgIpc) is 3.12. The van der Waals surface area contributed by atoms with E-state index in [4.69, 9.17) is 9.97 Å². The highest BCUT2D eigenvalue weighted by Gasteiger charge is 2.31. The summed E-state index contributed by atoms with van der Waals surface area (Å²) in [6.07, 6.45) is 6.96. The number of carbonyl (C=O) groups excluding carboxylic acids is 1. The van der Waals surface area contributed by atoms with Crippen LogP contribution in [0.5, 0.6) is 0 Å². The van der Waals surface area contributed by atoms with Crippen LogP contribution in [-0.4, -0.2) is 43.9 Å². The summed E-state index contributed by atoms with van der Waals surface area (Å²) >= 11 is 0. The minimum absolute atomic E-state index is 0.0739. The maximum absolute atomic E-state index is 12.5. The van der Waals surface area contributed by atoms with Crippen molar-refractivity contribution in [1.82, 2.24) is 24.9 Å². The van der Waals surface area contributed by atoms with Gasteiger partial charge < -0.3 is 9.80 Å². The smallest absolute Gasteiger partial charge is 0.229 e. The highest BCUT2D eigenvalue weighted by molar-refractivity contribution is 5.97. The first-order valence-electron chi connectivity index (χ1n) is 10.7. The van der Waals surface area contributed by atoms with Gasteiger partial charge in [0.05, 0.1) is 11.7 Å². The molecule has 0 spiro atoms.